The van der Waals surface area contributed by atoms with Gasteiger partial charge in [0.25, 0.3) is 0 Å². The third kappa shape index (κ3) is 2.86. The van der Waals surface area contributed by atoms with Crippen LogP contribution >= 0.6 is 11.3 Å². The van der Waals surface area contributed by atoms with Gasteiger partial charge in [-0.05, 0) is 41.8 Å². The normalized spacial score (nSPS) is 16.6. The smallest absolute Gasteiger partial charge is 0.310 e. The Balaban J connectivity index is 1.72. The van der Waals surface area contributed by atoms with Crippen LogP contribution in [0.3, 0.4) is 0 Å². The standard InChI is InChI=1S/C19H16N2O4S/c1-24-17-10-12(6-7-15(17)22)13-11-14(18-5-3-9-26-18)21(20-13)19(23)16-4-2-8-25-16/h2-10,14,22H,11H2,1H3/t14-/m1/s1. The number of carbonyl (C=O) groups excluding carboxylic acids is 1. The molecule has 1 N–H and O–H groups in total. The van der Waals surface area contributed by atoms with Crippen molar-refractivity contribution in [3.63, 3.8) is 0 Å². The summed E-state index contributed by atoms with van der Waals surface area (Å²) in [5.41, 5.74) is 1.55. The summed E-state index contributed by atoms with van der Waals surface area (Å²) in [6.45, 7) is 0. The minimum Gasteiger partial charge on any atom is -0.504 e. The summed E-state index contributed by atoms with van der Waals surface area (Å²) < 4.78 is 10.4. The number of hydrazone groups is 1. The Hall–Kier alpha value is -3.06. The molecule has 0 saturated heterocycles. The lowest BCUT2D eigenvalue weighted by molar-refractivity contribution is 0.0681. The van der Waals surface area contributed by atoms with Crippen molar-refractivity contribution in [2.24, 2.45) is 5.10 Å². The molecule has 3 aromatic rings. The number of nitrogens with zero attached hydrogens (tertiary/aromatic N) is 2. The average Bonchev–Trinajstić information content (AvgIpc) is 3.42. The summed E-state index contributed by atoms with van der Waals surface area (Å²) in [6.07, 6.45) is 2.04. The Kier molecular flexibility index (Phi) is 4.22. The minimum absolute atomic E-state index is 0.0631. The summed E-state index contributed by atoms with van der Waals surface area (Å²) in [6, 6.07) is 12.1. The first-order valence-electron chi connectivity index (χ1n) is 8.02. The second-order valence-corrected chi connectivity index (χ2v) is 6.77. The van der Waals surface area contributed by atoms with E-state index < -0.39 is 0 Å². The molecule has 6 nitrogen and oxygen atoms in total. The SMILES string of the molecule is COc1cc(C2=NN(C(=O)c3ccco3)[C@@H](c3cccs3)C2)ccc1O. The van der Waals surface area contributed by atoms with Crippen molar-refractivity contribution in [2.45, 2.75) is 12.5 Å². The maximum Gasteiger partial charge on any atom is 0.310 e. The second-order valence-electron chi connectivity index (χ2n) is 5.80. The van der Waals surface area contributed by atoms with E-state index in [0.29, 0.717) is 12.2 Å². The number of methoxy groups -OCH3 is 1. The molecular formula is C19H16N2O4S. The van der Waals surface area contributed by atoms with E-state index in [1.807, 2.05) is 17.5 Å². The van der Waals surface area contributed by atoms with Crippen LogP contribution in [0.15, 0.2) is 63.6 Å². The number of furan rings is 1. The van der Waals surface area contributed by atoms with Gasteiger partial charge in [-0.15, -0.1) is 11.3 Å². The van der Waals surface area contributed by atoms with Gasteiger partial charge in [0, 0.05) is 16.9 Å². The molecule has 1 amide bonds. The molecule has 0 unspecified atom stereocenters. The molecule has 1 aliphatic heterocycles. The van der Waals surface area contributed by atoms with Crippen molar-refractivity contribution in [3.8, 4) is 11.5 Å². The number of phenolic OH excluding ortho intramolecular Hbond substituents is 1. The number of rotatable bonds is 4. The lowest BCUT2D eigenvalue weighted by Gasteiger charge is -2.19. The number of hydrogen-bond donors (Lipinski definition) is 1. The van der Waals surface area contributed by atoms with Crippen LogP contribution in [0.25, 0.3) is 0 Å². The molecular weight excluding hydrogens is 352 g/mol. The van der Waals surface area contributed by atoms with Crippen LogP contribution in [-0.4, -0.2) is 28.8 Å². The number of aromatic hydroxyl groups is 1. The van der Waals surface area contributed by atoms with Crippen molar-refractivity contribution in [1.29, 1.82) is 0 Å². The topological polar surface area (TPSA) is 75.3 Å². The predicted octanol–water partition coefficient (Wildman–Crippen LogP) is 4.05. The fraction of sp³-hybridized carbons (Fsp3) is 0.158. The Morgan fingerprint density at radius 2 is 2.23 bits per heavy atom. The quantitative estimate of drug-likeness (QED) is 0.754. The van der Waals surface area contributed by atoms with E-state index in [2.05, 4.69) is 5.10 Å². The summed E-state index contributed by atoms with van der Waals surface area (Å²) in [7, 11) is 1.50. The third-order valence-corrected chi connectivity index (χ3v) is 5.21. The molecule has 0 saturated carbocycles. The summed E-state index contributed by atoms with van der Waals surface area (Å²) in [5.74, 6) is 0.399. The predicted molar refractivity (Wildman–Crippen MR) is 97.8 cm³/mol. The van der Waals surface area contributed by atoms with E-state index in [9.17, 15) is 9.90 Å². The molecule has 0 radical (unpaired) electrons. The monoisotopic (exact) mass is 368 g/mol. The van der Waals surface area contributed by atoms with Gasteiger partial charge in [0.05, 0.1) is 25.1 Å². The minimum atomic E-state index is -0.283. The number of carbonyl (C=O) groups is 1. The zero-order valence-corrected chi connectivity index (χ0v) is 14.8. The van der Waals surface area contributed by atoms with Crippen LogP contribution in [0.5, 0.6) is 11.5 Å². The van der Waals surface area contributed by atoms with Gasteiger partial charge < -0.3 is 14.3 Å². The maximum atomic E-state index is 12.8. The van der Waals surface area contributed by atoms with Gasteiger partial charge in [-0.1, -0.05) is 6.07 Å². The van der Waals surface area contributed by atoms with Crippen LogP contribution < -0.4 is 4.74 Å². The molecule has 0 aliphatic carbocycles. The molecule has 0 bridgehead atoms. The fourth-order valence-electron chi connectivity index (χ4n) is 2.94. The molecule has 4 rings (SSSR count). The molecule has 0 spiro atoms. The molecule has 1 aliphatic rings. The Bertz CT molecular complexity index is 948. The third-order valence-electron chi connectivity index (χ3n) is 4.23. The van der Waals surface area contributed by atoms with Gasteiger partial charge in [-0.2, -0.15) is 5.10 Å². The van der Waals surface area contributed by atoms with Crippen molar-refractivity contribution < 1.29 is 19.1 Å². The largest absolute Gasteiger partial charge is 0.504 e. The van der Waals surface area contributed by atoms with Crippen LogP contribution in [0.4, 0.5) is 0 Å². The van der Waals surface area contributed by atoms with Gasteiger partial charge in [0.15, 0.2) is 17.3 Å². The van der Waals surface area contributed by atoms with E-state index in [1.165, 1.54) is 18.4 Å². The van der Waals surface area contributed by atoms with E-state index in [4.69, 9.17) is 9.15 Å². The van der Waals surface area contributed by atoms with Gasteiger partial charge in [0.1, 0.15) is 0 Å². The molecule has 0 fully saturated rings. The highest BCUT2D eigenvalue weighted by Gasteiger charge is 2.35. The number of hydrogen-bond acceptors (Lipinski definition) is 6. The first-order valence-corrected chi connectivity index (χ1v) is 8.90. The number of benzene rings is 1. The molecule has 1 aromatic carbocycles. The first kappa shape index (κ1) is 16.4. The zero-order valence-electron chi connectivity index (χ0n) is 14.0. The maximum absolute atomic E-state index is 12.8. The van der Waals surface area contributed by atoms with Crippen molar-refractivity contribution >= 4 is 23.0 Å². The van der Waals surface area contributed by atoms with Gasteiger partial charge in [-0.3, -0.25) is 4.79 Å². The zero-order chi connectivity index (χ0) is 18.1. The highest BCUT2D eigenvalue weighted by atomic mass is 32.1. The molecule has 1 atom stereocenters. The Labute approximate surface area is 153 Å². The summed E-state index contributed by atoms with van der Waals surface area (Å²) >= 11 is 1.58. The van der Waals surface area contributed by atoms with Gasteiger partial charge >= 0.3 is 5.91 Å². The van der Waals surface area contributed by atoms with E-state index in [-0.39, 0.29) is 23.5 Å². The van der Waals surface area contributed by atoms with Crippen molar-refractivity contribution in [1.82, 2.24) is 5.01 Å². The summed E-state index contributed by atoms with van der Waals surface area (Å²) in [4.78, 5) is 13.9. The van der Waals surface area contributed by atoms with Gasteiger partial charge in [0.2, 0.25) is 0 Å². The van der Waals surface area contributed by atoms with Crippen LogP contribution in [-0.2, 0) is 0 Å². The van der Waals surface area contributed by atoms with Crippen LogP contribution in [0.1, 0.15) is 33.5 Å². The van der Waals surface area contributed by atoms with Crippen LogP contribution in [0, 0.1) is 0 Å². The Morgan fingerprint density at radius 1 is 1.35 bits per heavy atom. The fourth-order valence-corrected chi connectivity index (χ4v) is 3.76. The highest BCUT2D eigenvalue weighted by molar-refractivity contribution is 7.10. The lowest BCUT2D eigenvalue weighted by atomic mass is 10.0. The first-order chi connectivity index (χ1) is 12.7. The van der Waals surface area contributed by atoms with Crippen LogP contribution in [0.2, 0.25) is 0 Å². The second kappa shape index (κ2) is 6.68. The van der Waals surface area contributed by atoms with Gasteiger partial charge in [-0.25, -0.2) is 5.01 Å². The lowest BCUT2D eigenvalue weighted by Crippen LogP contribution is -2.26. The molecule has 7 heteroatoms. The average molecular weight is 368 g/mol. The number of thiophene rings is 1. The highest BCUT2D eigenvalue weighted by Crippen LogP contribution is 2.37. The molecule has 2 aromatic heterocycles. The summed E-state index contributed by atoms with van der Waals surface area (Å²) in [5, 5.41) is 17.8. The van der Waals surface area contributed by atoms with Crippen molar-refractivity contribution in [3.05, 3.63) is 70.3 Å². The molecule has 132 valence electrons. The number of ether oxygens (including phenoxy) is 1. The van der Waals surface area contributed by atoms with E-state index in [0.717, 1.165) is 16.2 Å². The molecule has 3 heterocycles. The number of amides is 1. The molecule has 26 heavy (non-hydrogen) atoms. The van der Waals surface area contributed by atoms with E-state index in [1.54, 1.807) is 41.7 Å². The number of phenols is 1. The van der Waals surface area contributed by atoms with E-state index >= 15 is 0 Å². The van der Waals surface area contributed by atoms with Crippen molar-refractivity contribution in [2.75, 3.05) is 7.11 Å². The Morgan fingerprint density at radius 3 is 2.92 bits per heavy atom.